The number of nitrogens with zero attached hydrogens (tertiary/aromatic N) is 3. The number of aryl methyl sites for hydroxylation is 2. The maximum absolute atomic E-state index is 7.50. The molecule has 0 unspecified atom stereocenters. The highest BCUT2D eigenvalue weighted by molar-refractivity contribution is 5.89. The van der Waals surface area contributed by atoms with Gasteiger partial charge in [0.15, 0.2) is 5.65 Å². The van der Waals surface area contributed by atoms with Crippen molar-refractivity contribution in [3.8, 4) is 0 Å². The van der Waals surface area contributed by atoms with Crippen molar-refractivity contribution in [3.05, 3.63) is 46.6 Å². The molecule has 7 heteroatoms. The Labute approximate surface area is 139 Å². The Hall–Kier alpha value is -3.22. The molecule has 122 valence electrons. The Kier molecular flexibility index (Phi) is 3.99. The van der Waals surface area contributed by atoms with Gasteiger partial charge in [-0.25, -0.2) is 4.98 Å². The lowest BCUT2D eigenvalue weighted by molar-refractivity contribution is 1.06. The van der Waals surface area contributed by atoms with Crippen LogP contribution in [0.25, 0.3) is 11.0 Å². The van der Waals surface area contributed by atoms with Gasteiger partial charge in [-0.2, -0.15) is 9.97 Å². The van der Waals surface area contributed by atoms with Crippen LogP contribution in [0.3, 0.4) is 0 Å². The predicted octanol–water partition coefficient (Wildman–Crippen LogP) is 2.42. The number of pyridine rings is 1. The molecule has 7 nitrogen and oxygen atoms in total. The molecular formula is C17H19N7. The fourth-order valence-electron chi connectivity index (χ4n) is 2.73. The first-order chi connectivity index (χ1) is 11.5. The number of hydrogen-bond acceptors (Lipinski definition) is 7. The third-order valence-corrected chi connectivity index (χ3v) is 3.83. The van der Waals surface area contributed by atoms with E-state index in [0.717, 1.165) is 22.2 Å². The third-order valence-electron chi connectivity index (χ3n) is 3.83. The second kappa shape index (κ2) is 6.11. The number of nitrogens with one attached hydrogen (secondary N) is 2. The Balaban J connectivity index is 1.94. The van der Waals surface area contributed by atoms with E-state index in [-0.39, 0.29) is 0 Å². The summed E-state index contributed by atoms with van der Waals surface area (Å²) in [7, 11) is 0. The molecule has 2 heterocycles. The lowest BCUT2D eigenvalue weighted by atomic mass is 10.1. The molecule has 2 aromatic heterocycles. The number of anilines is 3. The van der Waals surface area contributed by atoms with Crippen LogP contribution in [-0.4, -0.2) is 21.2 Å². The second-order valence-electron chi connectivity index (χ2n) is 5.63. The van der Waals surface area contributed by atoms with Crippen molar-refractivity contribution in [3.63, 3.8) is 0 Å². The summed E-state index contributed by atoms with van der Waals surface area (Å²) in [6.07, 6.45) is 1.25. The number of nitrogen functional groups attached to an aromatic ring is 2. The number of fused-ring (bicyclic) bond motifs is 1. The Morgan fingerprint density at radius 2 is 1.96 bits per heavy atom. The zero-order chi connectivity index (χ0) is 17.3. The van der Waals surface area contributed by atoms with E-state index in [1.165, 1.54) is 6.21 Å². The Bertz CT molecular complexity index is 934. The maximum Gasteiger partial charge on any atom is 0.226 e. The van der Waals surface area contributed by atoms with Crippen LogP contribution in [0.4, 0.5) is 17.5 Å². The van der Waals surface area contributed by atoms with E-state index in [1.807, 2.05) is 32.0 Å². The molecule has 0 aliphatic heterocycles. The van der Waals surface area contributed by atoms with E-state index in [1.54, 1.807) is 6.07 Å². The lowest BCUT2D eigenvalue weighted by Crippen LogP contribution is -2.09. The van der Waals surface area contributed by atoms with Crippen molar-refractivity contribution in [1.82, 2.24) is 15.0 Å². The van der Waals surface area contributed by atoms with E-state index >= 15 is 0 Å². The van der Waals surface area contributed by atoms with Crippen LogP contribution in [0.1, 0.15) is 22.4 Å². The first kappa shape index (κ1) is 15.7. The molecule has 0 atom stereocenters. The fourth-order valence-corrected chi connectivity index (χ4v) is 2.73. The molecule has 6 N–H and O–H groups in total. The van der Waals surface area contributed by atoms with Gasteiger partial charge in [0.05, 0.1) is 5.39 Å². The summed E-state index contributed by atoms with van der Waals surface area (Å²) >= 11 is 0. The molecular weight excluding hydrogens is 302 g/mol. The highest BCUT2D eigenvalue weighted by Gasteiger charge is 2.10. The summed E-state index contributed by atoms with van der Waals surface area (Å²) in [5.41, 5.74) is 16.6. The summed E-state index contributed by atoms with van der Waals surface area (Å²) in [6, 6.07) is 7.48. The van der Waals surface area contributed by atoms with Gasteiger partial charge in [0.2, 0.25) is 5.95 Å². The highest BCUT2D eigenvalue weighted by atomic mass is 15.1. The van der Waals surface area contributed by atoms with E-state index in [4.69, 9.17) is 16.9 Å². The van der Waals surface area contributed by atoms with E-state index in [2.05, 4.69) is 20.3 Å². The van der Waals surface area contributed by atoms with Crippen LogP contribution < -0.4 is 16.8 Å². The van der Waals surface area contributed by atoms with Crippen LogP contribution in [-0.2, 0) is 6.54 Å². The molecule has 3 rings (SSSR count). The van der Waals surface area contributed by atoms with Gasteiger partial charge in [-0.3, -0.25) is 0 Å². The van der Waals surface area contributed by atoms with Gasteiger partial charge in [-0.15, -0.1) is 0 Å². The quantitative estimate of drug-likeness (QED) is 0.432. The fraction of sp³-hybridized carbons (Fsp3) is 0.176. The van der Waals surface area contributed by atoms with Gasteiger partial charge in [0.25, 0.3) is 0 Å². The Morgan fingerprint density at radius 3 is 2.71 bits per heavy atom. The Morgan fingerprint density at radius 1 is 1.17 bits per heavy atom. The first-order valence-electron chi connectivity index (χ1n) is 7.52. The van der Waals surface area contributed by atoms with Crippen LogP contribution in [0.5, 0.6) is 0 Å². The summed E-state index contributed by atoms with van der Waals surface area (Å²) < 4.78 is 0. The molecule has 0 bridgehead atoms. The molecule has 0 saturated carbocycles. The first-order valence-corrected chi connectivity index (χ1v) is 7.52. The average molecular weight is 321 g/mol. The van der Waals surface area contributed by atoms with E-state index in [0.29, 0.717) is 35.2 Å². The lowest BCUT2D eigenvalue weighted by Gasteiger charge is -2.11. The van der Waals surface area contributed by atoms with Crippen molar-refractivity contribution in [2.45, 2.75) is 20.4 Å². The highest BCUT2D eigenvalue weighted by Crippen LogP contribution is 2.23. The summed E-state index contributed by atoms with van der Waals surface area (Å²) in [4.78, 5) is 13.2. The number of nitrogens with two attached hydrogens (primary N) is 2. The third kappa shape index (κ3) is 2.83. The molecule has 1 aromatic carbocycles. The zero-order valence-corrected chi connectivity index (χ0v) is 13.6. The van der Waals surface area contributed by atoms with Crippen LogP contribution in [0, 0.1) is 19.3 Å². The number of aromatic nitrogens is 3. The van der Waals surface area contributed by atoms with Crippen LogP contribution in [0.15, 0.2) is 24.3 Å². The molecule has 0 radical (unpaired) electrons. The van der Waals surface area contributed by atoms with Gasteiger partial charge < -0.3 is 22.2 Å². The molecule has 0 aliphatic carbocycles. The van der Waals surface area contributed by atoms with Gasteiger partial charge in [0.1, 0.15) is 5.82 Å². The van der Waals surface area contributed by atoms with Gasteiger partial charge >= 0.3 is 0 Å². The maximum atomic E-state index is 7.50. The molecule has 0 spiro atoms. The summed E-state index contributed by atoms with van der Waals surface area (Å²) in [5.74, 6) is 0.795. The predicted molar refractivity (Wildman–Crippen MR) is 97.3 cm³/mol. The standard InChI is InChI=1S/C17H19N7/c1-9-6-10(2)22-16-14(9)15(20)23-17(24-16)21-8-11-4-3-5-13(19)12(11)7-18/h3-7,18H,8,19H2,1-2H3,(H3,20,21,22,23,24). The normalized spacial score (nSPS) is 10.8. The molecule has 0 aliphatic rings. The number of hydrogen-bond donors (Lipinski definition) is 4. The van der Waals surface area contributed by atoms with Crippen molar-refractivity contribution < 1.29 is 0 Å². The van der Waals surface area contributed by atoms with Crippen molar-refractivity contribution in [2.24, 2.45) is 0 Å². The number of rotatable bonds is 4. The minimum atomic E-state index is 0.396. The van der Waals surface area contributed by atoms with Crippen molar-refractivity contribution >= 4 is 34.7 Å². The zero-order valence-electron chi connectivity index (χ0n) is 13.6. The van der Waals surface area contributed by atoms with Crippen molar-refractivity contribution in [1.29, 1.82) is 5.41 Å². The van der Waals surface area contributed by atoms with Gasteiger partial charge in [-0.05, 0) is 37.1 Å². The molecule has 24 heavy (non-hydrogen) atoms. The minimum Gasteiger partial charge on any atom is -0.398 e. The van der Waals surface area contributed by atoms with E-state index in [9.17, 15) is 0 Å². The second-order valence-corrected chi connectivity index (χ2v) is 5.63. The largest absolute Gasteiger partial charge is 0.398 e. The smallest absolute Gasteiger partial charge is 0.226 e. The summed E-state index contributed by atoms with van der Waals surface area (Å²) in [5, 5.41) is 11.4. The van der Waals surface area contributed by atoms with Crippen LogP contribution in [0.2, 0.25) is 0 Å². The van der Waals surface area contributed by atoms with E-state index < -0.39 is 0 Å². The topological polar surface area (TPSA) is 127 Å². The van der Waals surface area contributed by atoms with Crippen molar-refractivity contribution in [2.75, 3.05) is 16.8 Å². The SMILES string of the molecule is Cc1cc(C)c2c(N)nc(NCc3cccc(N)c3C=N)nc2n1. The van der Waals surface area contributed by atoms with Crippen LogP contribution >= 0.6 is 0 Å². The average Bonchev–Trinajstić information content (AvgIpc) is 2.51. The monoisotopic (exact) mass is 321 g/mol. The van der Waals surface area contributed by atoms with Gasteiger partial charge in [-0.1, -0.05) is 12.1 Å². The molecule has 3 aromatic rings. The summed E-state index contributed by atoms with van der Waals surface area (Å²) in [6.45, 7) is 4.32. The van der Waals surface area contributed by atoms with Gasteiger partial charge in [0, 0.05) is 29.7 Å². The minimum absolute atomic E-state index is 0.396. The molecule has 0 fully saturated rings. The number of benzene rings is 1. The molecule has 0 saturated heterocycles. The molecule has 0 amide bonds.